The second kappa shape index (κ2) is 10.6. The van der Waals surface area contributed by atoms with E-state index in [-0.39, 0.29) is 31.1 Å². The van der Waals surface area contributed by atoms with Crippen LogP contribution in [0.1, 0.15) is 27.3 Å². The summed E-state index contributed by atoms with van der Waals surface area (Å²) in [7, 11) is 1.60. The Hall–Kier alpha value is -2.63. The van der Waals surface area contributed by atoms with Crippen molar-refractivity contribution in [3.63, 3.8) is 0 Å². The summed E-state index contributed by atoms with van der Waals surface area (Å²) in [6.07, 6.45) is -7.55. The number of amides is 3. The normalized spacial score (nSPS) is 17.1. The molecule has 2 aromatic rings. The molecule has 0 atom stereocenters. The van der Waals surface area contributed by atoms with Gasteiger partial charge in [-0.15, -0.1) is 0 Å². The van der Waals surface area contributed by atoms with Crippen molar-refractivity contribution in [2.75, 3.05) is 34.6 Å². The molecule has 0 fully saturated rings. The number of carbonyl (C=O) groups is 2. The number of benzene rings is 1. The minimum absolute atomic E-state index is 0.0898. The molecule has 3 amide bonds. The van der Waals surface area contributed by atoms with E-state index in [1.165, 1.54) is 9.80 Å². The molecule has 4 rings (SSSR count). The van der Waals surface area contributed by atoms with E-state index in [0.717, 1.165) is 0 Å². The zero-order chi connectivity index (χ0) is 27.1. The van der Waals surface area contributed by atoms with Gasteiger partial charge in [0.1, 0.15) is 0 Å². The van der Waals surface area contributed by atoms with Crippen LogP contribution in [0, 0.1) is 11.6 Å². The van der Waals surface area contributed by atoms with Crippen LogP contribution in [-0.2, 0) is 23.7 Å². The molecule has 3 heterocycles. The van der Waals surface area contributed by atoms with Gasteiger partial charge in [0.15, 0.2) is 0 Å². The van der Waals surface area contributed by atoms with Crippen LogP contribution in [0.3, 0.4) is 0 Å². The van der Waals surface area contributed by atoms with E-state index in [1.54, 1.807) is 11.7 Å². The number of anilines is 1. The van der Waals surface area contributed by atoms with E-state index in [2.05, 4.69) is 15.7 Å². The van der Waals surface area contributed by atoms with Gasteiger partial charge in [0, 0.05) is 0 Å². The van der Waals surface area contributed by atoms with Crippen molar-refractivity contribution in [1.29, 1.82) is 0 Å². The maximum absolute atomic E-state index is 14.4. The van der Waals surface area contributed by atoms with Gasteiger partial charge < -0.3 is 0 Å². The fourth-order valence-corrected chi connectivity index (χ4v) is 9.03. The Morgan fingerprint density at radius 1 is 1.22 bits per heavy atom. The Bertz CT molecular complexity index is 1210. The van der Waals surface area contributed by atoms with Gasteiger partial charge in [-0.05, 0) is 0 Å². The number of alkyl halides is 8. The molecule has 2 aliphatic heterocycles. The molecule has 0 bridgehead atoms. The third-order valence-electron chi connectivity index (χ3n) is 5.77. The third kappa shape index (κ3) is 5.78. The average Bonchev–Trinajstić information content (AvgIpc) is 3.10. The molecular formula is C21H22F7IN6O2. The average molecular weight is 650 g/mol. The number of fused-ring (bicyclic) bond motifs is 3. The van der Waals surface area contributed by atoms with Crippen molar-refractivity contribution in [3.05, 3.63) is 46.3 Å². The fourth-order valence-electron chi connectivity index (χ4n) is 4.10. The van der Waals surface area contributed by atoms with Gasteiger partial charge in [0.25, 0.3) is 0 Å². The standard InChI is InChI=1S/C21H22F7IN6O2/c1-33-9-29(8-30-6-15(23)24)10-35-18(19(33)36)11-7-34(5-4-13(11)32-35)20(37)31-14-3-2-12(22)16(17(14)25)21(26,27)28/h2-3,15,30H,4-10H2,1H3,(H,31,37). The second-order valence-corrected chi connectivity index (χ2v) is 13.8. The molecule has 0 radical (unpaired) electrons. The van der Waals surface area contributed by atoms with Gasteiger partial charge in [-0.1, -0.05) is 0 Å². The van der Waals surface area contributed by atoms with Crippen molar-refractivity contribution >= 4 is 37.4 Å². The van der Waals surface area contributed by atoms with Gasteiger partial charge in [-0.3, -0.25) is 0 Å². The minimum atomic E-state index is -5.30. The summed E-state index contributed by atoms with van der Waals surface area (Å²) in [5, 5.41) is 9.30. The molecule has 1 aromatic heterocycles. The maximum atomic E-state index is 14.4. The van der Waals surface area contributed by atoms with Crippen molar-refractivity contribution < 1.29 is 40.3 Å². The number of nitrogens with zero attached hydrogens (tertiary/aromatic N) is 4. The first-order valence-corrected chi connectivity index (χ1v) is 15.5. The summed E-state index contributed by atoms with van der Waals surface area (Å²) >= 11 is -1.98. The molecule has 204 valence electrons. The Balaban J connectivity index is 1.53. The Labute approximate surface area is 213 Å². The zero-order valence-electron chi connectivity index (χ0n) is 19.3. The van der Waals surface area contributed by atoms with E-state index in [4.69, 9.17) is 0 Å². The number of carbonyl (C=O) groups excluding carboxylic acids is 2. The van der Waals surface area contributed by atoms with Crippen LogP contribution >= 0.6 is 19.8 Å². The molecule has 2 aliphatic rings. The number of rotatable bonds is 5. The van der Waals surface area contributed by atoms with Gasteiger partial charge in [-0.25, -0.2) is 4.39 Å². The number of halogens is 8. The summed E-state index contributed by atoms with van der Waals surface area (Å²) < 4.78 is 94.8. The first-order chi connectivity index (χ1) is 17.4. The van der Waals surface area contributed by atoms with Crippen LogP contribution in [0.5, 0.6) is 0 Å². The number of hydrogen-bond acceptors (Lipinski definition) is 4. The van der Waals surface area contributed by atoms with E-state index in [9.17, 15) is 40.3 Å². The predicted octanol–water partition coefficient (Wildman–Crippen LogP) is 4.09. The van der Waals surface area contributed by atoms with Crippen LogP contribution in [0.25, 0.3) is 0 Å². The zero-order valence-corrected chi connectivity index (χ0v) is 21.5. The quantitative estimate of drug-likeness (QED) is 0.221. The predicted molar refractivity (Wildman–Crippen MR) is 127 cm³/mol. The summed E-state index contributed by atoms with van der Waals surface area (Å²) in [5.74, 6) is -4.08. The monoisotopic (exact) mass is 650 g/mol. The summed E-state index contributed by atoms with van der Waals surface area (Å²) in [5.41, 5.74) is -1.64. The number of nitrogens with one attached hydrogen (secondary N) is 2. The van der Waals surface area contributed by atoms with Crippen LogP contribution in [0.15, 0.2) is 12.1 Å². The number of urea groups is 1. The molecule has 1 aromatic carbocycles. The van der Waals surface area contributed by atoms with Gasteiger partial charge in [0.2, 0.25) is 0 Å². The van der Waals surface area contributed by atoms with Crippen LogP contribution < -0.4 is 10.6 Å². The summed E-state index contributed by atoms with van der Waals surface area (Å²) in [6, 6.07) is 0.188. The Morgan fingerprint density at radius 2 is 1.95 bits per heavy atom. The fraction of sp³-hybridized carbons (Fsp3) is 0.476. The molecule has 0 spiro atoms. The van der Waals surface area contributed by atoms with Crippen molar-refractivity contribution in [3.8, 4) is 0 Å². The third-order valence-corrected chi connectivity index (χ3v) is 11.0. The molecule has 37 heavy (non-hydrogen) atoms. The first-order valence-electron chi connectivity index (χ1n) is 10.9. The van der Waals surface area contributed by atoms with Gasteiger partial charge >= 0.3 is 196 Å². The topological polar surface area (TPSA) is 82.5 Å². The van der Waals surface area contributed by atoms with Crippen molar-refractivity contribution in [2.24, 2.45) is 0 Å². The molecular weight excluding hydrogens is 628 g/mol. The van der Waals surface area contributed by atoms with E-state index in [1.807, 2.05) is 0 Å². The molecule has 0 saturated carbocycles. The van der Waals surface area contributed by atoms with Crippen LogP contribution in [0.4, 0.5) is 41.2 Å². The second-order valence-electron chi connectivity index (χ2n) is 8.44. The van der Waals surface area contributed by atoms with E-state index >= 15 is 0 Å². The van der Waals surface area contributed by atoms with E-state index in [0.29, 0.717) is 37.0 Å². The molecule has 0 aliphatic carbocycles. The molecule has 8 nitrogen and oxygen atoms in total. The van der Waals surface area contributed by atoms with Crippen molar-refractivity contribution in [2.45, 2.75) is 30.1 Å². The molecule has 2 N–H and O–H groups in total. The Kier molecular flexibility index (Phi) is 7.87. The first kappa shape index (κ1) is 27.4. The van der Waals surface area contributed by atoms with Crippen LogP contribution in [-0.4, -0.2) is 67.2 Å². The SMILES string of the molecule is CN1CI(CNCC(F)F)Cn2nc3c(c2C1=O)CN(C(=O)Nc1ccc(F)c(C(F)(F)F)c1F)CC3. The molecule has 0 unspecified atom stereocenters. The Morgan fingerprint density at radius 3 is 2.62 bits per heavy atom. The van der Waals surface area contributed by atoms with E-state index < -0.39 is 67.9 Å². The van der Waals surface area contributed by atoms with Crippen LogP contribution in [0.2, 0.25) is 0 Å². The summed E-state index contributed by atoms with van der Waals surface area (Å²) in [6.45, 7) is -0.466. The van der Waals surface area contributed by atoms with Gasteiger partial charge in [0.05, 0.1) is 0 Å². The van der Waals surface area contributed by atoms with Gasteiger partial charge in [-0.2, -0.15) is 13.2 Å². The van der Waals surface area contributed by atoms with Crippen molar-refractivity contribution in [1.82, 2.24) is 24.9 Å². The number of aromatic nitrogens is 2. The summed E-state index contributed by atoms with van der Waals surface area (Å²) in [4.78, 5) is 28.6. The molecule has 0 saturated heterocycles. The number of hydrogen-bond donors (Lipinski definition) is 2. The molecule has 16 heteroatoms.